The van der Waals surface area contributed by atoms with Gasteiger partial charge >= 0.3 is 5.97 Å². The molecule has 5 saturated carbocycles. The van der Waals surface area contributed by atoms with Crippen molar-refractivity contribution in [2.75, 3.05) is 13.7 Å². The fourth-order valence-electron chi connectivity index (χ4n) is 10.5. The number of fused-ring (bicyclic) bond motifs is 4. The number of aromatic nitrogens is 1. The molecule has 5 fully saturated rings. The highest BCUT2D eigenvalue weighted by Gasteiger charge is 2.77. The Kier molecular flexibility index (Phi) is 5.16. The minimum absolute atomic E-state index is 0.149. The average Bonchev–Trinajstić information content (AvgIpc) is 3.33. The molecule has 5 aliphatic carbocycles. The number of aromatic carboxylic acids is 1. The van der Waals surface area contributed by atoms with Gasteiger partial charge in [0, 0.05) is 18.7 Å². The van der Waals surface area contributed by atoms with Crippen LogP contribution in [0, 0.1) is 51.8 Å². The maximum atomic E-state index is 11.5. The van der Waals surface area contributed by atoms with Crippen molar-refractivity contribution in [3.05, 3.63) is 23.9 Å². The lowest BCUT2D eigenvalue weighted by Crippen LogP contribution is -2.57. The van der Waals surface area contributed by atoms with Gasteiger partial charge in [-0.25, -0.2) is 9.78 Å². The zero-order valence-corrected chi connectivity index (χ0v) is 21.3. The molecule has 0 bridgehead atoms. The molecule has 2 unspecified atom stereocenters. The lowest BCUT2D eigenvalue weighted by molar-refractivity contribution is -0.161. The van der Waals surface area contributed by atoms with Gasteiger partial charge in [-0.1, -0.05) is 20.8 Å². The number of pyridine rings is 1. The number of hydrogen-bond acceptors (Lipinski definition) is 4. The molecular weight excluding hydrogens is 426 g/mol. The third-order valence-electron chi connectivity index (χ3n) is 12.1. The van der Waals surface area contributed by atoms with Crippen LogP contribution in [0.25, 0.3) is 0 Å². The quantitative estimate of drug-likeness (QED) is 0.549. The van der Waals surface area contributed by atoms with E-state index in [1.807, 2.05) is 7.11 Å². The molecule has 5 heteroatoms. The molecule has 5 nitrogen and oxygen atoms in total. The summed E-state index contributed by atoms with van der Waals surface area (Å²) in [7, 11) is 1.97. The van der Waals surface area contributed by atoms with E-state index in [0.29, 0.717) is 40.8 Å². The van der Waals surface area contributed by atoms with Crippen LogP contribution in [0.4, 0.5) is 0 Å². The fourth-order valence-corrected chi connectivity index (χ4v) is 10.5. The SMILES string of the molecule is COC1C[C@H]2[C@@H]3CC[C@H]([C@H](C)COc4ncccc4C(=O)O)[C@@]3(C)CC[C@@H]2[C@@]2(C)CCC3C[C@]312. The maximum absolute atomic E-state index is 11.5. The summed E-state index contributed by atoms with van der Waals surface area (Å²) in [5, 5.41) is 9.47. The zero-order chi connectivity index (χ0) is 23.9. The van der Waals surface area contributed by atoms with E-state index in [9.17, 15) is 9.90 Å². The summed E-state index contributed by atoms with van der Waals surface area (Å²) >= 11 is 0. The van der Waals surface area contributed by atoms with Crippen molar-refractivity contribution < 1.29 is 19.4 Å². The Balaban J connectivity index is 1.20. The second-order valence-electron chi connectivity index (χ2n) is 12.9. The van der Waals surface area contributed by atoms with Crippen molar-refractivity contribution >= 4 is 5.97 Å². The van der Waals surface area contributed by atoms with Gasteiger partial charge in [-0.15, -0.1) is 0 Å². The Bertz CT molecular complexity index is 981. The molecule has 1 heterocycles. The monoisotopic (exact) mass is 467 g/mol. The predicted molar refractivity (Wildman–Crippen MR) is 130 cm³/mol. The first kappa shape index (κ1) is 22.8. The van der Waals surface area contributed by atoms with Gasteiger partial charge in [0.2, 0.25) is 5.88 Å². The van der Waals surface area contributed by atoms with Crippen LogP contribution in [0.1, 0.15) is 82.5 Å². The Morgan fingerprint density at radius 2 is 2.03 bits per heavy atom. The van der Waals surface area contributed by atoms with Crippen molar-refractivity contribution in [2.45, 2.75) is 78.2 Å². The molecule has 10 atom stereocenters. The summed E-state index contributed by atoms with van der Waals surface area (Å²) in [6.45, 7) is 8.03. The minimum atomic E-state index is -0.983. The van der Waals surface area contributed by atoms with Crippen molar-refractivity contribution in [2.24, 2.45) is 51.8 Å². The molecule has 0 aliphatic heterocycles. The molecule has 0 aromatic carbocycles. The highest BCUT2D eigenvalue weighted by atomic mass is 16.5. The number of rotatable bonds is 6. The summed E-state index contributed by atoms with van der Waals surface area (Å²) in [4.78, 5) is 15.7. The molecule has 186 valence electrons. The average molecular weight is 468 g/mol. The van der Waals surface area contributed by atoms with Gasteiger partial charge in [0.15, 0.2) is 0 Å². The molecule has 34 heavy (non-hydrogen) atoms. The van der Waals surface area contributed by atoms with Gasteiger partial charge in [-0.05, 0) is 110 Å². The van der Waals surface area contributed by atoms with Gasteiger partial charge in [0.05, 0.1) is 12.7 Å². The number of carboxylic acids is 1. The van der Waals surface area contributed by atoms with Gasteiger partial charge in [-0.2, -0.15) is 0 Å². The third kappa shape index (κ3) is 2.88. The van der Waals surface area contributed by atoms with Crippen LogP contribution in [0.5, 0.6) is 5.88 Å². The summed E-state index contributed by atoms with van der Waals surface area (Å²) in [5.74, 6) is 3.59. The molecule has 6 rings (SSSR count). The van der Waals surface area contributed by atoms with Gasteiger partial charge in [-0.3, -0.25) is 0 Å². The van der Waals surface area contributed by atoms with E-state index in [2.05, 4.69) is 25.8 Å². The number of hydrogen-bond donors (Lipinski definition) is 1. The largest absolute Gasteiger partial charge is 0.477 e. The van der Waals surface area contributed by atoms with Crippen molar-refractivity contribution in [1.82, 2.24) is 4.98 Å². The van der Waals surface area contributed by atoms with Crippen molar-refractivity contribution in [3.8, 4) is 5.88 Å². The maximum Gasteiger partial charge on any atom is 0.341 e. The molecule has 1 N–H and O–H groups in total. The molecule has 5 aliphatic rings. The van der Waals surface area contributed by atoms with Gasteiger partial charge in [0.25, 0.3) is 0 Å². The number of nitrogens with zero attached hydrogens (tertiary/aromatic N) is 1. The Morgan fingerprint density at radius 1 is 1.21 bits per heavy atom. The summed E-state index contributed by atoms with van der Waals surface area (Å²) in [6, 6.07) is 3.22. The smallest absolute Gasteiger partial charge is 0.341 e. The lowest BCUT2D eigenvalue weighted by atomic mass is 9.45. The molecular formula is C29H41NO4. The van der Waals surface area contributed by atoms with Crippen LogP contribution in [0.3, 0.4) is 0 Å². The Labute approximate surface area is 204 Å². The van der Waals surface area contributed by atoms with Crippen LogP contribution < -0.4 is 4.74 Å². The summed E-state index contributed by atoms with van der Waals surface area (Å²) in [6.07, 6.45) is 12.8. The topological polar surface area (TPSA) is 68.7 Å². The van der Waals surface area contributed by atoms with E-state index in [4.69, 9.17) is 9.47 Å². The van der Waals surface area contributed by atoms with Gasteiger partial charge < -0.3 is 14.6 Å². The Morgan fingerprint density at radius 3 is 2.76 bits per heavy atom. The lowest BCUT2D eigenvalue weighted by Gasteiger charge is -2.61. The third-order valence-corrected chi connectivity index (χ3v) is 12.1. The van der Waals surface area contributed by atoms with E-state index in [0.717, 1.165) is 23.7 Å². The molecule has 1 aromatic rings. The molecule has 1 aromatic heterocycles. The second-order valence-corrected chi connectivity index (χ2v) is 12.9. The molecule has 0 radical (unpaired) electrons. The van der Waals surface area contributed by atoms with Crippen LogP contribution in [-0.4, -0.2) is 35.9 Å². The van der Waals surface area contributed by atoms with E-state index in [-0.39, 0.29) is 11.4 Å². The number of carboxylic acid groups (broad SMARTS) is 1. The van der Waals surface area contributed by atoms with Gasteiger partial charge in [0.1, 0.15) is 5.56 Å². The predicted octanol–water partition coefficient (Wildman–Crippen LogP) is 6.08. The first-order valence-electron chi connectivity index (χ1n) is 13.6. The first-order chi connectivity index (χ1) is 16.3. The number of ether oxygens (including phenoxy) is 2. The molecule has 0 amide bonds. The van der Waals surface area contributed by atoms with E-state index in [1.54, 1.807) is 18.3 Å². The zero-order valence-electron chi connectivity index (χ0n) is 21.3. The van der Waals surface area contributed by atoms with E-state index < -0.39 is 5.97 Å². The minimum Gasteiger partial charge on any atom is -0.477 e. The van der Waals surface area contributed by atoms with E-state index >= 15 is 0 Å². The van der Waals surface area contributed by atoms with Crippen molar-refractivity contribution in [1.29, 1.82) is 0 Å². The second kappa shape index (κ2) is 7.69. The standard InChI is InChI=1S/C29H41NO4/c1-17(16-34-25-19(26(31)32)6-5-13-30-25)21-7-8-22-20-14-24(33-4)29-15-18(29)9-12-28(29,3)23(20)10-11-27(21,22)2/h5-6,13,17-18,20-24H,7-12,14-16H2,1-4H3,(H,31,32)/t17-,18?,20+,21-,22+,23+,24?,27-,28-,29+/m1/s1. The normalized spacial score (nSPS) is 47.2. The van der Waals surface area contributed by atoms with Crippen LogP contribution in [0.15, 0.2) is 18.3 Å². The highest BCUT2D eigenvalue weighted by molar-refractivity contribution is 5.90. The van der Waals surface area contributed by atoms with Crippen LogP contribution in [0.2, 0.25) is 0 Å². The van der Waals surface area contributed by atoms with Crippen molar-refractivity contribution in [3.63, 3.8) is 0 Å². The highest BCUT2D eigenvalue weighted by Crippen LogP contribution is 2.82. The summed E-state index contributed by atoms with van der Waals surface area (Å²) < 4.78 is 12.3. The number of methoxy groups -OCH3 is 1. The van der Waals surface area contributed by atoms with Crippen LogP contribution >= 0.6 is 0 Å². The first-order valence-corrected chi connectivity index (χ1v) is 13.6. The fraction of sp³-hybridized carbons (Fsp3) is 0.793. The molecule has 1 spiro atoms. The van der Waals surface area contributed by atoms with Crippen LogP contribution in [-0.2, 0) is 4.74 Å². The summed E-state index contributed by atoms with van der Waals surface area (Å²) in [5.41, 5.74) is 1.45. The van der Waals surface area contributed by atoms with E-state index in [1.165, 1.54) is 51.4 Å². The Hall–Kier alpha value is -1.62. The number of carbonyl (C=O) groups is 1. The molecule has 0 saturated heterocycles.